The number of hydrogen-bond donors (Lipinski definition) is 1. The van der Waals surface area contributed by atoms with E-state index < -0.39 is 11.9 Å². The van der Waals surface area contributed by atoms with Crippen LogP contribution in [-0.4, -0.2) is 44.7 Å². The average molecular weight is 747 g/mol. The number of benzene rings is 3. The number of ether oxygens (including phenoxy) is 3. The molecule has 242 valence electrons. The van der Waals surface area contributed by atoms with E-state index >= 15 is 0 Å². The normalized spacial score (nSPS) is 11.6. The highest BCUT2D eigenvalue weighted by Gasteiger charge is 2.29. The molecule has 5 rings (SSSR count). The molecule has 1 unspecified atom stereocenters. The Bertz CT molecular complexity index is 1930. The van der Waals surface area contributed by atoms with Gasteiger partial charge in [-0.05, 0) is 55.2 Å². The van der Waals surface area contributed by atoms with Crippen molar-refractivity contribution >= 4 is 51.1 Å². The molecule has 0 bridgehead atoms. The van der Waals surface area contributed by atoms with Gasteiger partial charge in [0.05, 0.1) is 42.7 Å². The highest BCUT2D eigenvalue weighted by Crippen LogP contribution is 2.44. The number of carbonyl (C=O) groups excluding carboxylic acids is 2. The van der Waals surface area contributed by atoms with Gasteiger partial charge in [0.2, 0.25) is 0 Å². The molecule has 0 saturated heterocycles. The molecule has 0 amide bonds. The molecule has 2 aromatic heterocycles. The highest BCUT2D eigenvalue weighted by molar-refractivity contribution is 14.1. The van der Waals surface area contributed by atoms with E-state index in [2.05, 4.69) is 45.9 Å². The molecule has 0 aliphatic rings. The Balaban J connectivity index is 1.52. The second-order valence-electron chi connectivity index (χ2n) is 10.7. The van der Waals surface area contributed by atoms with Gasteiger partial charge in [-0.1, -0.05) is 77.2 Å². The van der Waals surface area contributed by atoms with Crippen LogP contribution in [0.2, 0.25) is 0 Å². The summed E-state index contributed by atoms with van der Waals surface area (Å²) in [6.45, 7) is 6.26. The van der Waals surface area contributed by atoms with E-state index in [1.54, 1.807) is 18.5 Å². The Morgan fingerprint density at radius 2 is 1.77 bits per heavy atom. The lowest BCUT2D eigenvalue weighted by Crippen LogP contribution is -2.20. The SMILES string of the molecule is CCOC(=O)Cn1c(C(=O)OCC)c(N)c2cc(C(I)CC)c(-c3ccc(OCc4cn(Cc5ccccc5)nn4)cc3)c(C#N)c21. The van der Waals surface area contributed by atoms with Crippen LogP contribution in [0.5, 0.6) is 5.75 Å². The van der Waals surface area contributed by atoms with Crippen LogP contribution >= 0.6 is 22.6 Å². The average Bonchev–Trinajstić information content (AvgIpc) is 3.64. The molecule has 0 saturated carbocycles. The van der Waals surface area contributed by atoms with Crippen molar-refractivity contribution < 1.29 is 23.8 Å². The van der Waals surface area contributed by atoms with Crippen molar-refractivity contribution in [2.24, 2.45) is 0 Å². The van der Waals surface area contributed by atoms with Gasteiger partial charge in [-0.25, -0.2) is 9.48 Å². The molecule has 11 nitrogen and oxygen atoms in total. The smallest absolute Gasteiger partial charge is 0.357 e. The molecule has 0 spiro atoms. The van der Waals surface area contributed by atoms with Crippen LogP contribution in [0.1, 0.15) is 64.0 Å². The zero-order chi connectivity index (χ0) is 33.5. The monoisotopic (exact) mass is 746 g/mol. The molecule has 3 aromatic carbocycles. The standard InChI is InChI=1S/C35H35IN6O5/c1-4-29(36)26-16-27-32(38)34(35(44)46-6-3)42(20-30(43)45-5-2)33(27)28(17-37)31(26)23-12-14-25(15-13-23)47-21-24-19-41(40-39-24)18-22-10-8-7-9-11-22/h7-16,19,29H,4-6,18,20-21,38H2,1-3H3. The fourth-order valence-electron chi connectivity index (χ4n) is 5.49. The quantitative estimate of drug-likeness (QED) is 0.0799. The van der Waals surface area contributed by atoms with Gasteiger partial charge in [0.15, 0.2) is 5.69 Å². The summed E-state index contributed by atoms with van der Waals surface area (Å²) in [5, 5.41) is 19.6. The van der Waals surface area contributed by atoms with Gasteiger partial charge in [0, 0.05) is 14.9 Å². The first kappa shape index (κ1) is 33.5. The van der Waals surface area contributed by atoms with Crippen molar-refractivity contribution in [3.63, 3.8) is 0 Å². The van der Waals surface area contributed by atoms with E-state index in [4.69, 9.17) is 19.9 Å². The van der Waals surface area contributed by atoms with Crippen LogP contribution in [-0.2, 0) is 34.0 Å². The molecule has 0 radical (unpaired) electrons. The lowest BCUT2D eigenvalue weighted by molar-refractivity contribution is -0.143. The van der Waals surface area contributed by atoms with Crippen molar-refractivity contribution in [3.05, 3.63) is 94.9 Å². The van der Waals surface area contributed by atoms with Crippen LogP contribution in [0.25, 0.3) is 22.0 Å². The number of nitrogens with zero attached hydrogens (tertiary/aromatic N) is 5. The van der Waals surface area contributed by atoms with Crippen LogP contribution in [0, 0.1) is 11.3 Å². The van der Waals surface area contributed by atoms with E-state index in [1.165, 1.54) is 4.57 Å². The fraction of sp³-hybridized carbons (Fsp3) is 0.286. The molecule has 1 atom stereocenters. The summed E-state index contributed by atoms with van der Waals surface area (Å²) in [6, 6.07) is 21.7. The number of anilines is 1. The van der Waals surface area contributed by atoms with Crippen LogP contribution in [0.4, 0.5) is 5.69 Å². The topological polar surface area (TPSA) is 147 Å². The molecule has 12 heteroatoms. The number of carbonyl (C=O) groups is 2. The number of rotatable bonds is 13. The third-order valence-electron chi connectivity index (χ3n) is 7.59. The zero-order valence-corrected chi connectivity index (χ0v) is 28.6. The Morgan fingerprint density at radius 3 is 2.43 bits per heavy atom. The van der Waals surface area contributed by atoms with E-state index in [9.17, 15) is 14.9 Å². The number of alkyl halides is 1. The van der Waals surface area contributed by atoms with Gasteiger partial charge in [0.25, 0.3) is 0 Å². The lowest BCUT2D eigenvalue weighted by atomic mass is 9.90. The Labute approximate surface area is 286 Å². The Morgan fingerprint density at radius 1 is 1.04 bits per heavy atom. The number of aromatic nitrogens is 4. The summed E-state index contributed by atoms with van der Waals surface area (Å²) in [4.78, 5) is 25.8. The van der Waals surface area contributed by atoms with Crippen molar-refractivity contribution in [2.75, 3.05) is 18.9 Å². The Kier molecular flexibility index (Phi) is 10.8. The molecule has 0 fully saturated rings. The highest BCUT2D eigenvalue weighted by atomic mass is 127. The number of fused-ring (bicyclic) bond motifs is 1. The first-order valence-corrected chi connectivity index (χ1v) is 16.6. The number of hydrogen-bond acceptors (Lipinski definition) is 9. The number of halogens is 1. The van der Waals surface area contributed by atoms with Crippen LogP contribution in [0.15, 0.2) is 66.9 Å². The predicted molar refractivity (Wildman–Crippen MR) is 186 cm³/mol. The molecule has 5 aromatic rings. The second kappa shape index (κ2) is 15.1. The largest absolute Gasteiger partial charge is 0.487 e. The summed E-state index contributed by atoms with van der Waals surface area (Å²) in [5.74, 6) is -0.625. The summed E-state index contributed by atoms with van der Waals surface area (Å²) in [7, 11) is 0. The predicted octanol–water partition coefficient (Wildman–Crippen LogP) is 6.61. The third-order valence-corrected chi connectivity index (χ3v) is 9.14. The summed E-state index contributed by atoms with van der Waals surface area (Å²) in [5.41, 5.74) is 11.6. The van der Waals surface area contributed by atoms with E-state index in [1.807, 2.05) is 66.9 Å². The van der Waals surface area contributed by atoms with Gasteiger partial charge in [-0.15, -0.1) is 5.10 Å². The molecule has 2 heterocycles. The Hall–Kier alpha value is -4.90. The second-order valence-corrected chi connectivity index (χ2v) is 12.2. The molecule has 0 aliphatic carbocycles. The van der Waals surface area contributed by atoms with Crippen LogP contribution < -0.4 is 10.5 Å². The number of esters is 2. The molecular formula is C35H35IN6O5. The number of nitriles is 1. The number of nitrogens with two attached hydrogens (primary N) is 1. The third kappa shape index (κ3) is 7.25. The minimum Gasteiger partial charge on any atom is -0.487 e. The number of nitrogen functional groups attached to an aromatic ring is 1. The zero-order valence-electron chi connectivity index (χ0n) is 26.4. The van der Waals surface area contributed by atoms with Crippen molar-refractivity contribution in [1.29, 1.82) is 5.26 Å². The van der Waals surface area contributed by atoms with Gasteiger partial charge in [-0.2, -0.15) is 5.26 Å². The van der Waals surface area contributed by atoms with Gasteiger partial charge < -0.3 is 24.5 Å². The van der Waals surface area contributed by atoms with Crippen molar-refractivity contribution in [2.45, 2.75) is 50.8 Å². The van der Waals surface area contributed by atoms with Crippen LogP contribution in [0.3, 0.4) is 0 Å². The van der Waals surface area contributed by atoms with Gasteiger partial charge in [0.1, 0.15) is 30.7 Å². The van der Waals surface area contributed by atoms with Gasteiger partial charge >= 0.3 is 11.9 Å². The summed E-state index contributed by atoms with van der Waals surface area (Å²) in [6.07, 6.45) is 2.64. The van der Waals surface area contributed by atoms with E-state index in [-0.39, 0.29) is 41.7 Å². The van der Waals surface area contributed by atoms with Crippen molar-refractivity contribution in [3.8, 4) is 22.9 Å². The first-order chi connectivity index (χ1) is 22.8. The van der Waals surface area contributed by atoms with E-state index in [0.717, 1.165) is 23.1 Å². The van der Waals surface area contributed by atoms with E-state index in [0.29, 0.717) is 40.0 Å². The molecule has 0 aliphatic heterocycles. The first-order valence-electron chi connectivity index (χ1n) is 15.3. The minimum atomic E-state index is -0.680. The van der Waals surface area contributed by atoms with Crippen molar-refractivity contribution in [1.82, 2.24) is 19.6 Å². The maximum atomic E-state index is 13.1. The summed E-state index contributed by atoms with van der Waals surface area (Å²) < 4.78 is 19.8. The van der Waals surface area contributed by atoms with Gasteiger partial charge in [-0.3, -0.25) is 4.79 Å². The maximum absolute atomic E-state index is 13.1. The minimum absolute atomic E-state index is 0.0143. The molecule has 2 N–H and O–H groups in total. The lowest BCUT2D eigenvalue weighted by Gasteiger charge is -2.18. The summed E-state index contributed by atoms with van der Waals surface area (Å²) >= 11 is 2.35. The molecular weight excluding hydrogens is 711 g/mol. The fourth-order valence-corrected chi connectivity index (χ4v) is 5.98. The maximum Gasteiger partial charge on any atom is 0.357 e. The molecule has 47 heavy (non-hydrogen) atoms.